The molecule has 0 radical (unpaired) electrons. The van der Waals surface area contributed by atoms with Crippen molar-refractivity contribution in [1.82, 2.24) is 24.6 Å². The van der Waals surface area contributed by atoms with Gasteiger partial charge in [-0.25, -0.2) is 9.37 Å². The van der Waals surface area contributed by atoms with Crippen molar-refractivity contribution in [2.75, 3.05) is 16.9 Å². The Bertz CT molecular complexity index is 1230. The highest BCUT2D eigenvalue weighted by Crippen LogP contribution is 2.67. The van der Waals surface area contributed by atoms with E-state index >= 15 is 4.39 Å². The molecule has 13 nitrogen and oxygen atoms in total. The number of fused-ring (bicyclic) bond motifs is 2. The summed E-state index contributed by atoms with van der Waals surface area (Å²) in [5, 5.41) is 16.9. The number of carbonyl (C=O) groups is 1. The first-order valence-electron chi connectivity index (χ1n) is 12.0. The number of nitrogens with one attached hydrogen (secondary N) is 2. The highest BCUT2D eigenvalue weighted by molar-refractivity contribution is 7.36. The Kier molecular flexibility index (Phi) is 6.78. The average Bonchev–Trinajstić information content (AvgIpc) is 3.05. The third-order valence-corrected chi connectivity index (χ3v) is 8.38. The van der Waals surface area contributed by atoms with E-state index in [0.717, 1.165) is 19.3 Å². The van der Waals surface area contributed by atoms with Crippen LogP contribution in [-0.4, -0.2) is 78.1 Å². The normalized spacial score (nSPS) is 32.2. The quantitative estimate of drug-likeness (QED) is 0.189. The summed E-state index contributed by atoms with van der Waals surface area (Å²) >= 11 is 6.11. The number of carbonyl (C=O) groups excluding carboxylic acids is 1. The molecule has 202 valence electrons. The second-order valence-electron chi connectivity index (χ2n) is 9.86. The summed E-state index contributed by atoms with van der Waals surface area (Å²) in [7, 11) is -2.70. The van der Waals surface area contributed by atoms with Gasteiger partial charge in [0.15, 0.2) is 46.7 Å². The molecule has 0 amide bonds. The van der Waals surface area contributed by atoms with Gasteiger partial charge >= 0.3 is 14.1 Å². The fraction of sp³-hybridized carbons (Fsp3) is 0.714. The summed E-state index contributed by atoms with van der Waals surface area (Å²) in [6.07, 6.45) is -0.681. The predicted octanol–water partition coefficient (Wildman–Crippen LogP) is 1.93. The van der Waals surface area contributed by atoms with Crippen molar-refractivity contribution in [3.63, 3.8) is 0 Å². The lowest BCUT2D eigenvalue weighted by Crippen LogP contribution is -2.35. The lowest BCUT2D eigenvalue weighted by Gasteiger charge is -2.27. The van der Waals surface area contributed by atoms with Gasteiger partial charge in [0.05, 0.1) is 18.3 Å². The molecule has 5 rings (SSSR count). The van der Waals surface area contributed by atoms with Gasteiger partial charge in [-0.05, 0) is 44.6 Å². The van der Waals surface area contributed by atoms with E-state index in [0.29, 0.717) is 11.3 Å². The monoisotopic (exact) mass is 560 g/mol. The minimum Gasteiger partial charge on any atom is -0.462 e. The molecule has 3 aliphatic rings. The van der Waals surface area contributed by atoms with Crippen LogP contribution in [0, 0.1) is 0 Å². The number of esters is 1. The van der Waals surface area contributed by atoms with Crippen LogP contribution in [0.2, 0.25) is 0 Å². The molecule has 2 saturated carbocycles. The molecule has 2 aromatic rings. The molecule has 3 fully saturated rings. The minimum atomic E-state index is -2.70. The molecule has 3 heterocycles. The van der Waals surface area contributed by atoms with Gasteiger partial charge in [-0.3, -0.25) is 9.36 Å². The van der Waals surface area contributed by atoms with E-state index in [-0.39, 0.29) is 29.6 Å². The van der Waals surface area contributed by atoms with Crippen LogP contribution in [0.25, 0.3) is 11.2 Å². The Labute approximate surface area is 217 Å². The maximum Gasteiger partial charge on any atom is 0.614 e. The topological polar surface area (TPSA) is 176 Å². The van der Waals surface area contributed by atoms with Gasteiger partial charge in [0.2, 0.25) is 5.95 Å². The minimum absolute atomic E-state index is 0.0326. The third kappa shape index (κ3) is 4.23. The van der Waals surface area contributed by atoms with E-state index < -0.39 is 49.9 Å². The van der Waals surface area contributed by atoms with Crippen molar-refractivity contribution in [3.8, 4) is 0 Å². The number of aliphatic hydroxyl groups is 1. The Morgan fingerprint density at radius 2 is 2.16 bits per heavy atom. The standard InChI is InChI=1S/C21H29ClFN7O6P/c1-9(2)34-17(31)10(3)29-37(33)36-18-20(7-22)21(18,32)13(23)16(35-20)30-8-25-12-14(26-11-5-4-6-11)27-19(24)28-15(12)30/h8-11,13,16,18,32H,4-7H2,1-3H3,(H,29,33)(H3,24,26,27,28)/q+1/t10-,13-,16+,18?,20+,21+/m0/s1. The number of nitrogen functional groups attached to an aromatic ring is 1. The number of nitrogens with zero attached hydrogens (tertiary/aromatic N) is 4. The summed E-state index contributed by atoms with van der Waals surface area (Å²) in [4.78, 5) is 24.7. The van der Waals surface area contributed by atoms with Gasteiger partial charge in [-0.15, -0.1) is 16.1 Å². The van der Waals surface area contributed by atoms with Gasteiger partial charge in [0, 0.05) is 6.04 Å². The van der Waals surface area contributed by atoms with Crippen LogP contribution in [0.1, 0.15) is 46.3 Å². The maximum atomic E-state index is 15.8. The molecule has 2 unspecified atom stereocenters. The molecule has 0 spiro atoms. The number of ether oxygens (including phenoxy) is 2. The predicted molar refractivity (Wildman–Crippen MR) is 131 cm³/mol. The van der Waals surface area contributed by atoms with Crippen molar-refractivity contribution in [1.29, 1.82) is 0 Å². The molecule has 1 saturated heterocycles. The van der Waals surface area contributed by atoms with Gasteiger partial charge < -0.3 is 25.6 Å². The molecule has 0 aromatic carbocycles. The second kappa shape index (κ2) is 9.51. The summed E-state index contributed by atoms with van der Waals surface area (Å²) in [6.45, 7) is 4.80. The highest BCUT2D eigenvalue weighted by Gasteiger charge is 2.91. The van der Waals surface area contributed by atoms with Crippen molar-refractivity contribution in [3.05, 3.63) is 6.33 Å². The molecule has 5 N–H and O–H groups in total. The number of anilines is 2. The number of hydrogen-bond donors (Lipinski definition) is 4. The maximum absolute atomic E-state index is 15.8. The van der Waals surface area contributed by atoms with Crippen LogP contribution in [0.3, 0.4) is 0 Å². The molecule has 1 aliphatic heterocycles. The number of imidazole rings is 1. The number of halogens is 2. The first kappa shape index (κ1) is 26.4. The summed E-state index contributed by atoms with van der Waals surface area (Å²) in [5.74, 6) is -0.584. The Balaban J connectivity index is 1.33. The molecular weight excluding hydrogens is 532 g/mol. The van der Waals surface area contributed by atoms with Crippen LogP contribution >= 0.6 is 19.8 Å². The van der Waals surface area contributed by atoms with Crippen molar-refractivity contribution in [2.24, 2.45) is 0 Å². The first-order valence-corrected chi connectivity index (χ1v) is 13.7. The number of aromatic nitrogens is 4. The number of nitrogens with two attached hydrogens (primary N) is 1. The molecule has 0 bridgehead atoms. The third-order valence-electron chi connectivity index (χ3n) is 6.98. The fourth-order valence-corrected chi connectivity index (χ4v) is 6.14. The zero-order valence-corrected chi connectivity index (χ0v) is 22.1. The Morgan fingerprint density at radius 1 is 1.43 bits per heavy atom. The van der Waals surface area contributed by atoms with E-state index in [1.807, 2.05) is 0 Å². The highest BCUT2D eigenvalue weighted by atomic mass is 35.5. The largest absolute Gasteiger partial charge is 0.614 e. The second-order valence-corrected chi connectivity index (χ2v) is 11.1. The molecule has 16 heteroatoms. The number of hydrogen-bond acceptors (Lipinski definition) is 11. The average molecular weight is 561 g/mol. The van der Waals surface area contributed by atoms with Gasteiger partial charge in [-0.1, -0.05) is 5.09 Å². The first-order chi connectivity index (χ1) is 17.5. The van der Waals surface area contributed by atoms with Gasteiger partial charge in [0.25, 0.3) is 0 Å². The van der Waals surface area contributed by atoms with Crippen molar-refractivity contribution >= 4 is 48.7 Å². The SMILES string of the molecule is CC(C)OC(=O)[C@H](C)N[P+](=O)OC1[C@@]2(CCl)O[C@@H](n3cnc4c(NC5CCC5)nc(N)nc43)[C@H](F)[C@@]12O. The lowest BCUT2D eigenvalue weighted by atomic mass is 9.93. The fourth-order valence-electron chi connectivity index (χ4n) is 4.72. The van der Waals surface area contributed by atoms with Crippen LogP contribution in [0.5, 0.6) is 0 Å². The van der Waals surface area contributed by atoms with E-state index in [1.165, 1.54) is 17.8 Å². The number of rotatable bonds is 10. The zero-order valence-electron chi connectivity index (χ0n) is 20.4. The van der Waals surface area contributed by atoms with Crippen molar-refractivity contribution in [2.45, 2.75) is 87.9 Å². The smallest absolute Gasteiger partial charge is 0.462 e. The Morgan fingerprint density at radius 3 is 2.76 bits per heavy atom. The van der Waals surface area contributed by atoms with E-state index in [4.69, 9.17) is 31.3 Å². The lowest BCUT2D eigenvalue weighted by molar-refractivity contribution is -0.149. The molecule has 2 aliphatic carbocycles. The molecular formula is C21H29ClFN7O6P+. The van der Waals surface area contributed by atoms with Crippen LogP contribution in [-0.2, 0) is 23.4 Å². The summed E-state index contributed by atoms with van der Waals surface area (Å²) < 4.78 is 46.0. The van der Waals surface area contributed by atoms with E-state index in [9.17, 15) is 14.5 Å². The van der Waals surface area contributed by atoms with Crippen LogP contribution in [0.15, 0.2) is 6.33 Å². The molecule has 37 heavy (non-hydrogen) atoms. The summed E-state index contributed by atoms with van der Waals surface area (Å²) in [6, 6.07) is -0.721. The zero-order chi connectivity index (χ0) is 26.7. The number of alkyl halides is 2. The van der Waals surface area contributed by atoms with Gasteiger partial charge in [-0.2, -0.15) is 9.97 Å². The summed E-state index contributed by atoms with van der Waals surface area (Å²) in [5.41, 5.74) is 2.62. The molecule has 2 aromatic heterocycles. The van der Waals surface area contributed by atoms with Crippen LogP contribution < -0.4 is 16.1 Å². The Hall–Kier alpha value is -2.22. The van der Waals surface area contributed by atoms with Crippen LogP contribution in [0.4, 0.5) is 16.2 Å². The van der Waals surface area contributed by atoms with Crippen molar-refractivity contribution < 1.29 is 32.9 Å². The molecule has 7 atom stereocenters. The van der Waals surface area contributed by atoms with Gasteiger partial charge in [0.1, 0.15) is 6.04 Å². The van der Waals surface area contributed by atoms with E-state index in [2.05, 4.69) is 25.4 Å². The van der Waals surface area contributed by atoms with E-state index in [1.54, 1.807) is 13.8 Å².